The van der Waals surface area contributed by atoms with Crippen LogP contribution in [0, 0.1) is 5.41 Å². The van der Waals surface area contributed by atoms with Crippen LogP contribution in [0.5, 0.6) is 0 Å². The van der Waals surface area contributed by atoms with Gasteiger partial charge in [-0.05, 0) is 31.1 Å². The standard InChI is InChI=1S/C18H34N2/c1-2-6-10-17(9-5-1)19-13-14-20-15-18(16-20)11-7-3-4-8-12-18/h17,19H,1-16H2. The second-order valence-corrected chi connectivity index (χ2v) is 7.77. The van der Waals surface area contributed by atoms with E-state index in [1.165, 1.54) is 103 Å². The van der Waals surface area contributed by atoms with E-state index in [4.69, 9.17) is 0 Å². The molecule has 1 saturated heterocycles. The van der Waals surface area contributed by atoms with E-state index < -0.39 is 0 Å². The fourth-order valence-electron chi connectivity index (χ4n) is 4.77. The van der Waals surface area contributed by atoms with Crippen LogP contribution in [0.2, 0.25) is 0 Å². The van der Waals surface area contributed by atoms with Gasteiger partial charge in [0.2, 0.25) is 0 Å². The largest absolute Gasteiger partial charge is 0.313 e. The highest BCUT2D eigenvalue weighted by Crippen LogP contribution is 2.42. The second-order valence-electron chi connectivity index (χ2n) is 7.77. The van der Waals surface area contributed by atoms with Crippen molar-refractivity contribution >= 4 is 0 Å². The Kier molecular flexibility index (Phi) is 5.39. The quantitative estimate of drug-likeness (QED) is 0.783. The number of likely N-dealkylation sites (tertiary alicyclic amines) is 1. The van der Waals surface area contributed by atoms with Gasteiger partial charge in [-0.15, -0.1) is 0 Å². The molecule has 1 spiro atoms. The molecule has 3 aliphatic rings. The number of hydrogen-bond acceptors (Lipinski definition) is 2. The molecular weight excluding hydrogens is 244 g/mol. The SMILES string of the molecule is C1CCCC(NCCN2CC3(CCCCCC3)C2)CC1. The molecule has 20 heavy (non-hydrogen) atoms. The molecule has 3 rings (SSSR count). The maximum Gasteiger partial charge on any atom is 0.0107 e. The Bertz CT molecular complexity index is 265. The second kappa shape index (κ2) is 7.26. The third kappa shape index (κ3) is 3.98. The lowest BCUT2D eigenvalue weighted by Gasteiger charge is -2.50. The molecule has 1 aliphatic heterocycles. The van der Waals surface area contributed by atoms with E-state index in [2.05, 4.69) is 10.2 Å². The van der Waals surface area contributed by atoms with Crippen molar-refractivity contribution in [2.24, 2.45) is 5.41 Å². The minimum Gasteiger partial charge on any atom is -0.313 e. The summed E-state index contributed by atoms with van der Waals surface area (Å²) in [5, 5.41) is 3.82. The highest BCUT2D eigenvalue weighted by Gasteiger charge is 2.41. The van der Waals surface area contributed by atoms with Gasteiger partial charge < -0.3 is 10.2 Å². The fourth-order valence-corrected chi connectivity index (χ4v) is 4.77. The number of rotatable bonds is 4. The molecule has 0 unspecified atom stereocenters. The summed E-state index contributed by atoms with van der Waals surface area (Å²) in [5.74, 6) is 0. The van der Waals surface area contributed by atoms with E-state index in [9.17, 15) is 0 Å². The summed E-state index contributed by atoms with van der Waals surface area (Å²) in [4.78, 5) is 2.70. The van der Waals surface area contributed by atoms with Crippen molar-refractivity contribution in [3.05, 3.63) is 0 Å². The van der Waals surface area contributed by atoms with E-state index in [1.807, 2.05) is 0 Å². The van der Waals surface area contributed by atoms with Gasteiger partial charge in [-0.2, -0.15) is 0 Å². The molecule has 116 valence electrons. The molecular formula is C18H34N2. The van der Waals surface area contributed by atoms with E-state index in [-0.39, 0.29) is 0 Å². The van der Waals surface area contributed by atoms with Gasteiger partial charge in [0.15, 0.2) is 0 Å². The smallest absolute Gasteiger partial charge is 0.0107 e. The molecule has 1 N–H and O–H groups in total. The van der Waals surface area contributed by atoms with E-state index in [0.29, 0.717) is 0 Å². The van der Waals surface area contributed by atoms with Crippen LogP contribution in [-0.2, 0) is 0 Å². The molecule has 0 atom stereocenters. The van der Waals surface area contributed by atoms with Crippen molar-refractivity contribution in [3.63, 3.8) is 0 Å². The first kappa shape index (κ1) is 14.8. The monoisotopic (exact) mass is 278 g/mol. The maximum absolute atomic E-state index is 3.82. The molecule has 2 nitrogen and oxygen atoms in total. The average molecular weight is 278 g/mol. The molecule has 0 aromatic carbocycles. The number of nitrogens with zero attached hydrogens (tertiary/aromatic N) is 1. The van der Waals surface area contributed by atoms with Gasteiger partial charge in [-0.25, -0.2) is 0 Å². The lowest BCUT2D eigenvalue weighted by molar-refractivity contribution is -0.0109. The van der Waals surface area contributed by atoms with Crippen LogP contribution in [0.3, 0.4) is 0 Å². The summed E-state index contributed by atoms with van der Waals surface area (Å²) >= 11 is 0. The maximum atomic E-state index is 3.82. The lowest BCUT2D eigenvalue weighted by atomic mass is 9.73. The zero-order valence-corrected chi connectivity index (χ0v) is 13.3. The van der Waals surface area contributed by atoms with Crippen LogP contribution >= 0.6 is 0 Å². The summed E-state index contributed by atoms with van der Waals surface area (Å²) < 4.78 is 0. The van der Waals surface area contributed by atoms with Gasteiger partial charge in [0.1, 0.15) is 0 Å². The van der Waals surface area contributed by atoms with Gasteiger partial charge in [0.25, 0.3) is 0 Å². The van der Waals surface area contributed by atoms with Crippen LogP contribution in [0.15, 0.2) is 0 Å². The minimum absolute atomic E-state index is 0.749. The molecule has 0 aromatic rings. The van der Waals surface area contributed by atoms with Crippen LogP contribution in [-0.4, -0.2) is 37.1 Å². The molecule has 2 aliphatic carbocycles. The zero-order chi connectivity index (χ0) is 13.7. The molecule has 0 radical (unpaired) electrons. The summed E-state index contributed by atoms with van der Waals surface area (Å²) in [5.41, 5.74) is 0.749. The van der Waals surface area contributed by atoms with Crippen LogP contribution in [0.4, 0.5) is 0 Å². The molecule has 0 aromatic heterocycles. The van der Waals surface area contributed by atoms with Gasteiger partial charge in [-0.3, -0.25) is 0 Å². The Morgan fingerprint density at radius 1 is 0.800 bits per heavy atom. The third-order valence-corrected chi connectivity index (χ3v) is 6.00. The third-order valence-electron chi connectivity index (χ3n) is 6.00. The Morgan fingerprint density at radius 2 is 1.40 bits per heavy atom. The van der Waals surface area contributed by atoms with Crippen LogP contribution in [0.1, 0.15) is 77.0 Å². The Morgan fingerprint density at radius 3 is 2.05 bits per heavy atom. The first-order chi connectivity index (χ1) is 9.86. The molecule has 2 heteroatoms. The Labute approximate surface area is 125 Å². The molecule has 3 fully saturated rings. The van der Waals surface area contributed by atoms with Crippen LogP contribution < -0.4 is 5.32 Å². The van der Waals surface area contributed by atoms with Gasteiger partial charge in [0.05, 0.1) is 0 Å². The predicted octanol–water partition coefficient (Wildman–Crippen LogP) is 3.96. The number of nitrogens with one attached hydrogen (secondary N) is 1. The number of hydrogen-bond donors (Lipinski definition) is 1. The average Bonchev–Trinajstić information content (AvgIpc) is 2.80. The van der Waals surface area contributed by atoms with Crippen molar-refractivity contribution in [2.75, 3.05) is 26.2 Å². The van der Waals surface area contributed by atoms with Gasteiger partial charge in [-0.1, -0.05) is 51.4 Å². The first-order valence-corrected chi connectivity index (χ1v) is 9.32. The highest BCUT2D eigenvalue weighted by atomic mass is 15.2. The Hall–Kier alpha value is -0.0800. The summed E-state index contributed by atoms with van der Waals surface area (Å²) in [6.07, 6.45) is 17.7. The summed E-state index contributed by atoms with van der Waals surface area (Å²) in [7, 11) is 0. The topological polar surface area (TPSA) is 15.3 Å². The van der Waals surface area contributed by atoms with Crippen molar-refractivity contribution in [1.29, 1.82) is 0 Å². The van der Waals surface area contributed by atoms with Crippen LogP contribution in [0.25, 0.3) is 0 Å². The summed E-state index contributed by atoms with van der Waals surface area (Å²) in [6.45, 7) is 5.32. The van der Waals surface area contributed by atoms with Crippen molar-refractivity contribution in [1.82, 2.24) is 10.2 Å². The zero-order valence-electron chi connectivity index (χ0n) is 13.3. The normalized spacial score (nSPS) is 28.8. The van der Waals surface area contributed by atoms with E-state index in [1.54, 1.807) is 0 Å². The van der Waals surface area contributed by atoms with E-state index >= 15 is 0 Å². The minimum atomic E-state index is 0.749. The predicted molar refractivity (Wildman–Crippen MR) is 86.1 cm³/mol. The van der Waals surface area contributed by atoms with E-state index in [0.717, 1.165) is 11.5 Å². The summed E-state index contributed by atoms with van der Waals surface area (Å²) in [6, 6.07) is 0.825. The first-order valence-electron chi connectivity index (χ1n) is 9.32. The van der Waals surface area contributed by atoms with Gasteiger partial charge in [0, 0.05) is 32.2 Å². The molecule has 0 amide bonds. The molecule has 1 heterocycles. The molecule has 0 bridgehead atoms. The highest BCUT2D eigenvalue weighted by molar-refractivity contribution is 4.95. The van der Waals surface area contributed by atoms with Gasteiger partial charge >= 0.3 is 0 Å². The lowest BCUT2D eigenvalue weighted by Crippen LogP contribution is -2.57. The Balaban J connectivity index is 1.30. The molecule has 2 saturated carbocycles. The van der Waals surface area contributed by atoms with Crippen molar-refractivity contribution in [2.45, 2.75) is 83.1 Å². The van der Waals surface area contributed by atoms with Crippen molar-refractivity contribution < 1.29 is 0 Å². The fraction of sp³-hybridized carbons (Fsp3) is 1.00. The van der Waals surface area contributed by atoms with Crippen molar-refractivity contribution in [3.8, 4) is 0 Å².